The molecule has 1 unspecified atom stereocenters. The summed E-state index contributed by atoms with van der Waals surface area (Å²) in [5.41, 5.74) is 2.33. The fraction of sp³-hybridized carbons (Fsp3) is 0.333. The van der Waals surface area contributed by atoms with Gasteiger partial charge in [-0.25, -0.2) is 9.97 Å². The first-order valence-corrected chi connectivity index (χ1v) is 9.61. The molecule has 0 radical (unpaired) electrons. The minimum absolute atomic E-state index is 0.0487. The zero-order valence-corrected chi connectivity index (χ0v) is 15.6. The van der Waals surface area contributed by atoms with E-state index in [9.17, 15) is 9.59 Å². The molecule has 0 fully saturated rings. The first-order chi connectivity index (χ1) is 13.7. The predicted molar refractivity (Wildman–Crippen MR) is 106 cm³/mol. The van der Waals surface area contributed by atoms with Crippen LogP contribution in [0.25, 0.3) is 11.4 Å². The van der Waals surface area contributed by atoms with Crippen LogP contribution in [0.15, 0.2) is 53.8 Å². The Balaban J connectivity index is 1.42. The molecule has 1 aliphatic rings. The minimum atomic E-state index is -0.100. The van der Waals surface area contributed by atoms with E-state index in [1.807, 2.05) is 41.1 Å². The third kappa shape index (κ3) is 4.03. The highest BCUT2D eigenvalue weighted by atomic mass is 16.2. The van der Waals surface area contributed by atoms with Crippen LogP contribution < -0.4 is 10.9 Å². The number of carbonyl (C=O) groups excluding carboxylic acids is 1. The van der Waals surface area contributed by atoms with Crippen LogP contribution in [0.2, 0.25) is 0 Å². The van der Waals surface area contributed by atoms with Crippen LogP contribution in [-0.2, 0) is 24.2 Å². The molecule has 0 saturated carbocycles. The lowest BCUT2D eigenvalue weighted by molar-refractivity contribution is -0.125. The maximum absolute atomic E-state index is 12.6. The van der Waals surface area contributed by atoms with Gasteiger partial charge in [0.1, 0.15) is 5.82 Å². The van der Waals surface area contributed by atoms with Crippen LogP contribution in [0.1, 0.15) is 24.1 Å². The molecule has 2 N–H and O–H groups in total. The number of benzene rings is 1. The van der Waals surface area contributed by atoms with E-state index in [0.29, 0.717) is 50.2 Å². The van der Waals surface area contributed by atoms with Gasteiger partial charge in [-0.1, -0.05) is 30.3 Å². The number of imidazole rings is 1. The molecule has 2 heterocycles. The number of hydrogen-bond acceptors (Lipinski definition) is 4. The molecule has 1 atom stereocenters. The molecule has 0 bridgehead atoms. The van der Waals surface area contributed by atoms with Crippen molar-refractivity contribution in [2.75, 3.05) is 6.54 Å². The molecule has 7 nitrogen and oxygen atoms in total. The number of aromatic nitrogens is 4. The molecule has 3 aromatic rings. The van der Waals surface area contributed by atoms with E-state index in [1.54, 1.807) is 12.5 Å². The number of hydrogen-bond donors (Lipinski definition) is 2. The zero-order valence-electron chi connectivity index (χ0n) is 15.6. The summed E-state index contributed by atoms with van der Waals surface area (Å²) < 4.78 is 1.93. The van der Waals surface area contributed by atoms with Gasteiger partial charge < -0.3 is 14.9 Å². The number of aromatic amines is 1. The Morgan fingerprint density at radius 1 is 1.21 bits per heavy atom. The largest absolute Gasteiger partial charge is 0.354 e. The van der Waals surface area contributed by atoms with Gasteiger partial charge in [-0.05, 0) is 25.7 Å². The number of nitrogens with zero attached hydrogens (tertiary/aromatic N) is 3. The molecule has 7 heteroatoms. The number of aryl methyl sites for hydroxylation is 1. The number of nitrogens with one attached hydrogen (secondary N) is 2. The second-order valence-corrected chi connectivity index (χ2v) is 7.07. The number of H-pyrrole nitrogens is 1. The lowest BCUT2D eigenvalue weighted by Crippen LogP contribution is -2.33. The predicted octanol–water partition coefficient (Wildman–Crippen LogP) is 1.94. The van der Waals surface area contributed by atoms with Crippen molar-refractivity contribution in [2.45, 2.75) is 32.2 Å². The van der Waals surface area contributed by atoms with Crippen LogP contribution >= 0.6 is 0 Å². The van der Waals surface area contributed by atoms with E-state index in [2.05, 4.69) is 15.3 Å². The summed E-state index contributed by atoms with van der Waals surface area (Å²) in [6.07, 6.45) is 7.91. The third-order valence-electron chi connectivity index (χ3n) is 5.22. The third-order valence-corrected chi connectivity index (χ3v) is 5.22. The summed E-state index contributed by atoms with van der Waals surface area (Å²) in [6.45, 7) is 1.26. The first-order valence-electron chi connectivity index (χ1n) is 9.61. The van der Waals surface area contributed by atoms with Gasteiger partial charge in [0.05, 0.1) is 12.0 Å². The molecule has 144 valence electrons. The minimum Gasteiger partial charge on any atom is -0.354 e. The number of carbonyl (C=O) groups is 1. The highest BCUT2D eigenvalue weighted by molar-refractivity contribution is 5.78. The Morgan fingerprint density at radius 3 is 2.82 bits per heavy atom. The van der Waals surface area contributed by atoms with Crippen molar-refractivity contribution in [3.05, 3.63) is 70.7 Å². The molecule has 0 saturated heterocycles. The topological polar surface area (TPSA) is 92.7 Å². The maximum atomic E-state index is 12.6. The van der Waals surface area contributed by atoms with Crippen LogP contribution in [-0.4, -0.2) is 32.0 Å². The fourth-order valence-corrected chi connectivity index (χ4v) is 3.65. The van der Waals surface area contributed by atoms with Crippen molar-refractivity contribution in [3.63, 3.8) is 0 Å². The number of amides is 1. The van der Waals surface area contributed by atoms with Gasteiger partial charge >= 0.3 is 0 Å². The second kappa shape index (κ2) is 8.21. The summed E-state index contributed by atoms with van der Waals surface area (Å²) in [6, 6.07) is 9.63. The zero-order chi connectivity index (χ0) is 19.3. The van der Waals surface area contributed by atoms with Crippen LogP contribution in [0.3, 0.4) is 0 Å². The lowest BCUT2D eigenvalue weighted by atomic mass is 9.99. The number of rotatable bonds is 5. The standard InChI is InChI=1S/C21H23N5O2/c27-20(23-11-13-26-12-10-22-14-26)16-6-8-17-18(9-7-16)24-19(25-21(17)28)15-4-2-1-3-5-15/h1-5,10,12,14,16H,6-9,11,13H2,(H,23,27)(H,24,25,28). The summed E-state index contributed by atoms with van der Waals surface area (Å²) in [5.74, 6) is 0.539. The van der Waals surface area contributed by atoms with E-state index in [-0.39, 0.29) is 17.4 Å². The van der Waals surface area contributed by atoms with E-state index in [4.69, 9.17) is 4.98 Å². The van der Waals surface area contributed by atoms with Crippen LogP contribution in [0, 0.1) is 5.92 Å². The van der Waals surface area contributed by atoms with Gasteiger partial charge in [-0.15, -0.1) is 0 Å². The van der Waals surface area contributed by atoms with Gasteiger partial charge in [0.15, 0.2) is 0 Å². The van der Waals surface area contributed by atoms with Crippen molar-refractivity contribution in [3.8, 4) is 11.4 Å². The van der Waals surface area contributed by atoms with Crippen LogP contribution in [0.5, 0.6) is 0 Å². The SMILES string of the molecule is O=C(NCCn1ccnc1)C1CCc2nc(-c3ccccc3)[nH]c(=O)c2CC1. The normalized spacial score (nSPS) is 16.2. The summed E-state index contributed by atoms with van der Waals surface area (Å²) in [4.78, 5) is 36.7. The molecule has 2 aromatic heterocycles. The first kappa shape index (κ1) is 18.2. The van der Waals surface area contributed by atoms with Crippen molar-refractivity contribution in [1.82, 2.24) is 24.8 Å². The van der Waals surface area contributed by atoms with Crippen molar-refractivity contribution < 1.29 is 4.79 Å². The molecule has 4 rings (SSSR count). The van der Waals surface area contributed by atoms with Gasteiger partial charge in [-0.2, -0.15) is 0 Å². The van der Waals surface area contributed by atoms with Crippen molar-refractivity contribution in [1.29, 1.82) is 0 Å². The lowest BCUT2D eigenvalue weighted by Gasteiger charge is -2.14. The Kier molecular flexibility index (Phi) is 5.32. The van der Waals surface area contributed by atoms with Crippen LogP contribution in [0.4, 0.5) is 0 Å². The van der Waals surface area contributed by atoms with Crippen molar-refractivity contribution >= 4 is 5.91 Å². The summed E-state index contributed by atoms with van der Waals surface area (Å²) in [7, 11) is 0. The Labute approximate surface area is 162 Å². The molecule has 1 amide bonds. The maximum Gasteiger partial charge on any atom is 0.254 e. The fourth-order valence-electron chi connectivity index (χ4n) is 3.65. The Hall–Kier alpha value is -3.22. The summed E-state index contributed by atoms with van der Waals surface area (Å²) >= 11 is 0. The van der Waals surface area contributed by atoms with E-state index in [1.165, 1.54) is 0 Å². The molecule has 1 aliphatic carbocycles. The van der Waals surface area contributed by atoms with Gasteiger partial charge in [0, 0.05) is 42.5 Å². The van der Waals surface area contributed by atoms with Gasteiger partial charge in [0.2, 0.25) is 5.91 Å². The smallest absolute Gasteiger partial charge is 0.254 e. The highest BCUT2D eigenvalue weighted by Gasteiger charge is 2.25. The number of fused-ring (bicyclic) bond motifs is 1. The molecule has 0 aliphatic heterocycles. The van der Waals surface area contributed by atoms with E-state index in [0.717, 1.165) is 11.3 Å². The van der Waals surface area contributed by atoms with Gasteiger partial charge in [0.25, 0.3) is 5.56 Å². The molecule has 28 heavy (non-hydrogen) atoms. The summed E-state index contributed by atoms with van der Waals surface area (Å²) in [5, 5.41) is 3.00. The Morgan fingerprint density at radius 2 is 2.04 bits per heavy atom. The molecule has 0 spiro atoms. The molecular formula is C21H23N5O2. The highest BCUT2D eigenvalue weighted by Crippen LogP contribution is 2.23. The average Bonchev–Trinajstić information content (AvgIpc) is 3.13. The monoisotopic (exact) mass is 377 g/mol. The van der Waals surface area contributed by atoms with E-state index >= 15 is 0 Å². The van der Waals surface area contributed by atoms with E-state index < -0.39 is 0 Å². The quantitative estimate of drug-likeness (QED) is 0.665. The average molecular weight is 377 g/mol. The Bertz CT molecular complexity index is 995. The van der Waals surface area contributed by atoms with Gasteiger partial charge in [-0.3, -0.25) is 9.59 Å². The second-order valence-electron chi connectivity index (χ2n) is 7.07. The molecular weight excluding hydrogens is 354 g/mol. The molecule has 1 aromatic carbocycles. The van der Waals surface area contributed by atoms with Crippen molar-refractivity contribution in [2.24, 2.45) is 5.92 Å².